The van der Waals surface area contributed by atoms with Crippen molar-refractivity contribution in [1.29, 1.82) is 0 Å². The molecule has 0 aliphatic carbocycles. The smallest absolute Gasteiger partial charge is 0.234 e. The Kier molecular flexibility index (Phi) is 3.99. The van der Waals surface area contributed by atoms with Crippen LogP contribution in [0.1, 0.15) is 17.5 Å². The molecule has 1 saturated heterocycles. The van der Waals surface area contributed by atoms with Crippen molar-refractivity contribution in [3.05, 3.63) is 35.4 Å². The highest BCUT2D eigenvalue weighted by Gasteiger charge is 2.29. The van der Waals surface area contributed by atoms with Crippen LogP contribution in [0.25, 0.3) is 0 Å². The molecule has 1 aromatic carbocycles. The molecule has 2 aliphatic heterocycles. The van der Waals surface area contributed by atoms with Gasteiger partial charge in [0.1, 0.15) is 0 Å². The Hall–Kier alpha value is -1.40. The minimum Gasteiger partial charge on any atom is -0.351 e. The van der Waals surface area contributed by atoms with E-state index in [2.05, 4.69) is 22.3 Å². The summed E-state index contributed by atoms with van der Waals surface area (Å²) >= 11 is 0. The third-order valence-electron chi connectivity index (χ3n) is 4.17. The zero-order chi connectivity index (χ0) is 14.9. The molecule has 1 amide bonds. The summed E-state index contributed by atoms with van der Waals surface area (Å²) in [6.45, 7) is 1.99. The zero-order valence-electron chi connectivity index (χ0n) is 11.9. The number of nitrogens with zero attached hydrogens (tertiary/aromatic N) is 1. The van der Waals surface area contributed by atoms with Crippen molar-refractivity contribution in [2.24, 2.45) is 0 Å². The van der Waals surface area contributed by atoms with Gasteiger partial charge in [-0.2, -0.15) is 0 Å². The first-order chi connectivity index (χ1) is 10.0. The van der Waals surface area contributed by atoms with E-state index < -0.39 is 9.84 Å². The van der Waals surface area contributed by atoms with E-state index in [4.69, 9.17) is 0 Å². The number of hydrogen-bond acceptors (Lipinski definition) is 4. The fraction of sp³-hybridized carbons (Fsp3) is 0.533. The van der Waals surface area contributed by atoms with Gasteiger partial charge in [0.05, 0.1) is 18.1 Å². The first-order valence-electron chi connectivity index (χ1n) is 7.31. The molecule has 0 saturated carbocycles. The van der Waals surface area contributed by atoms with Crippen LogP contribution in [-0.2, 0) is 27.6 Å². The molecule has 21 heavy (non-hydrogen) atoms. The Balaban J connectivity index is 1.52. The van der Waals surface area contributed by atoms with Gasteiger partial charge >= 0.3 is 0 Å². The summed E-state index contributed by atoms with van der Waals surface area (Å²) in [5.41, 5.74) is 2.64. The van der Waals surface area contributed by atoms with Crippen molar-refractivity contribution in [3.8, 4) is 0 Å². The Labute approximate surface area is 125 Å². The molecule has 2 aliphatic rings. The zero-order valence-corrected chi connectivity index (χ0v) is 12.7. The van der Waals surface area contributed by atoms with Gasteiger partial charge in [-0.15, -0.1) is 0 Å². The van der Waals surface area contributed by atoms with Gasteiger partial charge in [-0.05, 0) is 24.0 Å². The maximum absolute atomic E-state index is 12.0. The number of nitrogens with one attached hydrogen (secondary N) is 1. The van der Waals surface area contributed by atoms with Crippen LogP contribution in [0.3, 0.4) is 0 Å². The molecule has 2 heterocycles. The number of hydrogen-bond donors (Lipinski definition) is 1. The lowest BCUT2D eigenvalue weighted by atomic mass is 10.00. The van der Waals surface area contributed by atoms with Crippen molar-refractivity contribution in [1.82, 2.24) is 10.2 Å². The largest absolute Gasteiger partial charge is 0.351 e. The second-order valence-corrected chi connectivity index (χ2v) is 8.13. The maximum atomic E-state index is 12.0. The molecule has 6 heteroatoms. The van der Waals surface area contributed by atoms with Gasteiger partial charge in [0, 0.05) is 19.1 Å². The fourth-order valence-electron chi connectivity index (χ4n) is 3.07. The number of fused-ring (bicyclic) bond motifs is 1. The molecule has 5 nitrogen and oxygen atoms in total. The third-order valence-corrected chi connectivity index (χ3v) is 5.94. The van der Waals surface area contributed by atoms with Gasteiger partial charge in [0.25, 0.3) is 0 Å². The highest BCUT2D eigenvalue weighted by atomic mass is 32.2. The number of benzene rings is 1. The quantitative estimate of drug-likeness (QED) is 0.875. The predicted octanol–water partition coefficient (Wildman–Crippen LogP) is 0.348. The second kappa shape index (κ2) is 5.77. The standard InChI is InChI=1S/C15H20N2O3S/c18-15(16-14-6-8-21(19,20)11-14)10-17-7-5-12-3-1-2-4-13(12)9-17/h1-4,14H,5-11H2,(H,16,18)/t14-/m0/s1. The monoisotopic (exact) mass is 308 g/mol. The van der Waals surface area contributed by atoms with Crippen LogP contribution in [0.5, 0.6) is 0 Å². The first-order valence-corrected chi connectivity index (χ1v) is 9.13. The Morgan fingerprint density at radius 2 is 2.05 bits per heavy atom. The normalized spacial score (nSPS) is 24.5. The fourth-order valence-corrected chi connectivity index (χ4v) is 4.75. The Morgan fingerprint density at radius 1 is 1.29 bits per heavy atom. The average Bonchev–Trinajstić information content (AvgIpc) is 2.77. The van der Waals surface area contributed by atoms with Crippen molar-refractivity contribution in [2.45, 2.75) is 25.4 Å². The van der Waals surface area contributed by atoms with Crippen LogP contribution in [0.15, 0.2) is 24.3 Å². The van der Waals surface area contributed by atoms with Gasteiger partial charge < -0.3 is 5.32 Å². The van der Waals surface area contributed by atoms with Crippen molar-refractivity contribution in [3.63, 3.8) is 0 Å². The Bertz CT molecular complexity index is 642. The average molecular weight is 308 g/mol. The molecule has 0 spiro atoms. The van der Waals surface area contributed by atoms with Crippen molar-refractivity contribution < 1.29 is 13.2 Å². The lowest BCUT2D eigenvalue weighted by Gasteiger charge is -2.28. The van der Waals surface area contributed by atoms with Crippen molar-refractivity contribution >= 4 is 15.7 Å². The number of sulfone groups is 1. The lowest BCUT2D eigenvalue weighted by molar-refractivity contribution is -0.123. The second-order valence-electron chi connectivity index (χ2n) is 5.90. The minimum atomic E-state index is -2.94. The number of amides is 1. The van der Waals surface area contributed by atoms with Gasteiger partial charge in [-0.25, -0.2) is 8.42 Å². The number of carbonyl (C=O) groups is 1. The van der Waals surface area contributed by atoms with E-state index in [1.807, 2.05) is 12.1 Å². The molecule has 3 rings (SSSR count). The molecular weight excluding hydrogens is 288 g/mol. The van der Waals surface area contributed by atoms with Gasteiger partial charge in [0.15, 0.2) is 9.84 Å². The van der Waals surface area contributed by atoms with Gasteiger partial charge in [-0.1, -0.05) is 24.3 Å². The highest BCUT2D eigenvalue weighted by Crippen LogP contribution is 2.18. The van der Waals surface area contributed by atoms with Crippen LogP contribution in [-0.4, -0.2) is 49.9 Å². The molecule has 0 radical (unpaired) electrons. The summed E-state index contributed by atoms with van der Waals surface area (Å²) in [6, 6.07) is 8.09. The number of carbonyl (C=O) groups excluding carboxylic acids is 1. The summed E-state index contributed by atoms with van der Waals surface area (Å²) in [6.07, 6.45) is 1.50. The molecule has 0 bridgehead atoms. The lowest BCUT2D eigenvalue weighted by Crippen LogP contribution is -2.44. The molecular formula is C15H20N2O3S. The maximum Gasteiger partial charge on any atom is 0.234 e. The molecule has 1 atom stereocenters. The summed E-state index contributed by atoms with van der Waals surface area (Å²) in [5, 5.41) is 2.85. The van der Waals surface area contributed by atoms with Crippen LogP contribution < -0.4 is 5.32 Å². The number of rotatable bonds is 3. The predicted molar refractivity (Wildman–Crippen MR) is 80.6 cm³/mol. The highest BCUT2D eigenvalue weighted by molar-refractivity contribution is 7.91. The van der Waals surface area contributed by atoms with E-state index in [9.17, 15) is 13.2 Å². The van der Waals surface area contributed by atoms with Crippen LogP contribution >= 0.6 is 0 Å². The summed E-state index contributed by atoms with van der Waals surface area (Å²) in [5.74, 6) is 0.202. The SMILES string of the molecule is O=C(CN1CCc2ccccc2C1)N[C@H]1CCS(=O)(=O)C1. The van der Waals surface area contributed by atoms with E-state index >= 15 is 0 Å². The van der Waals surface area contributed by atoms with E-state index in [1.54, 1.807) is 0 Å². The molecule has 0 aromatic heterocycles. The topological polar surface area (TPSA) is 66.5 Å². The van der Waals surface area contributed by atoms with Crippen LogP contribution in [0.2, 0.25) is 0 Å². The van der Waals surface area contributed by atoms with Crippen molar-refractivity contribution in [2.75, 3.05) is 24.6 Å². The molecule has 1 N–H and O–H groups in total. The molecule has 1 fully saturated rings. The summed E-state index contributed by atoms with van der Waals surface area (Å²) in [4.78, 5) is 14.2. The van der Waals surface area contributed by atoms with Crippen LogP contribution in [0, 0.1) is 0 Å². The molecule has 0 unspecified atom stereocenters. The molecule has 114 valence electrons. The van der Waals surface area contributed by atoms with Crippen LogP contribution in [0.4, 0.5) is 0 Å². The third kappa shape index (κ3) is 3.63. The summed E-state index contributed by atoms with van der Waals surface area (Å²) in [7, 11) is -2.94. The molecule has 1 aromatic rings. The summed E-state index contributed by atoms with van der Waals surface area (Å²) < 4.78 is 22.8. The minimum absolute atomic E-state index is 0.0727. The van der Waals surface area contributed by atoms with E-state index in [0.29, 0.717) is 13.0 Å². The first kappa shape index (κ1) is 14.5. The van der Waals surface area contributed by atoms with E-state index in [-0.39, 0.29) is 23.5 Å². The van der Waals surface area contributed by atoms with E-state index in [0.717, 1.165) is 19.5 Å². The Morgan fingerprint density at radius 3 is 2.76 bits per heavy atom. The van der Waals surface area contributed by atoms with E-state index in [1.165, 1.54) is 11.1 Å². The van der Waals surface area contributed by atoms with Gasteiger partial charge in [0.2, 0.25) is 5.91 Å². The van der Waals surface area contributed by atoms with Gasteiger partial charge in [-0.3, -0.25) is 9.69 Å².